The minimum Gasteiger partial charge on any atom is -0.341 e. The molecular weight excluding hydrogens is 411 g/mol. The Labute approximate surface area is 175 Å². The summed E-state index contributed by atoms with van der Waals surface area (Å²) in [5.41, 5.74) is 0.672. The molecule has 30 heavy (non-hydrogen) atoms. The fraction of sp³-hybridized carbons (Fsp3) is 0.579. The van der Waals surface area contributed by atoms with Crippen molar-refractivity contribution in [2.24, 2.45) is 0 Å². The number of carbonyl (C=O) groups is 1. The molecule has 1 aromatic heterocycles. The van der Waals surface area contributed by atoms with Gasteiger partial charge >= 0.3 is 0 Å². The average molecular weight is 439 g/mol. The molecule has 3 rings (SSSR count). The fourth-order valence-electron chi connectivity index (χ4n) is 3.70. The smallest absolute Gasteiger partial charge is 0.247 e. The number of piperidine rings is 1. The van der Waals surface area contributed by atoms with Gasteiger partial charge < -0.3 is 4.90 Å². The van der Waals surface area contributed by atoms with E-state index in [0.29, 0.717) is 43.7 Å². The zero-order valence-electron chi connectivity index (χ0n) is 17.2. The van der Waals surface area contributed by atoms with E-state index in [9.17, 15) is 17.6 Å². The minimum absolute atomic E-state index is 0.0976. The number of nitrogens with one attached hydrogen (secondary N) is 1. The van der Waals surface area contributed by atoms with Crippen LogP contribution in [0.1, 0.15) is 43.6 Å². The third-order valence-corrected chi connectivity index (χ3v) is 6.82. The summed E-state index contributed by atoms with van der Waals surface area (Å²) in [5, 5.41) is 11.5. The van der Waals surface area contributed by atoms with Crippen molar-refractivity contribution in [1.29, 1.82) is 0 Å². The second-order valence-corrected chi connectivity index (χ2v) is 9.43. The molecule has 2 aromatic rings. The van der Waals surface area contributed by atoms with Crippen LogP contribution in [-0.2, 0) is 21.2 Å². The third-order valence-electron chi connectivity index (χ3n) is 5.18. The second-order valence-electron chi connectivity index (χ2n) is 7.56. The normalized spacial score (nSPS) is 16.6. The molecule has 0 unspecified atom stereocenters. The van der Waals surface area contributed by atoms with Crippen LogP contribution in [0.3, 0.4) is 0 Å². The molecule has 0 radical (unpaired) electrons. The van der Waals surface area contributed by atoms with Crippen molar-refractivity contribution in [3.8, 4) is 0 Å². The van der Waals surface area contributed by atoms with E-state index in [-0.39, 0.29) is 29.9 Å². The van der Waals surface area contributed by atoms with Crippen molar-refractivity contribution in [2.45, 2.75) is 51.6 Å². The molecule has 0 spiro atoms. The molecule has 164 valence electrons. The number of nitrogens with zero attached hydrogens (tertiary/aromatic N) is 5. The fourth-order valence-corrected chi connectivity index (χ4v) is 5.10. The van der Waals surface area contributed by atoms with Crippen LogP contribution in [0.4, 0.5) is 4.39 Å². The van der Waals surface area contributed by atoms with Crippen LogP contribution < -0.4 is 4.72 Å². The van der Waals surface area contributed by atoms with E-state index in [4.69, 9.17) is 0 Å². The van der Waals surface area contributed by atoms with Gasteiger partial charge in [0, 0.05) is 25.6 Å². The van der Waals surface area contributed by atoms with Crippen LogP contribution in [0.5, 0.6) is 0 Å². The van der Waals surface area contributed by atoms with Gasteiger partial charge in [0.25, 0.3) is 0 Å². The van der Waals surface area contributed by atoms with E-state index >= 15 is 0 Å². The summed E-state index contributed by atoms with van der Waals surface area (Å²) in [6.07, 6.45) is 1.89. The monoisotopic (exact) mass is 438 g/mol. The topological polar surface area (TPSA) is 110 Å². The zero-order chi connectivity index (χ0) is 21.7. The van der Waals surface area contributed by atoms with Gasteiger partial charge in [0.05, 0.1) is 5.75 Å². The van der Waals surface area contributed by atoms with E-state index in [1.807, 2.05) is 6.92 Å². The number of carbonyl (C=O) groups excluding carboxylic acids is 1. The number of hydrogen-bond acceptors (Lipinski definition) is 6. The molecule has 1 aromatic carbocycles. The molecule has 0 bridgehead atoms. The number of aromatic nitrogens is 4. The molecule has 0 aliphatic carbocycles. The maximum absolute atomic E-state index is 13.6. The predicted octanol–water partition coefficient (Wildman–Crippen LogP) is 1.22. The van der Waals surface area contributed by atoms with Crippen molar-refractivity contribution in [2.75, 3.05) is 18.8 Å². The van der Waals surface area contributed by atoms with Crippen LogP contribution in [-0.4, -0.2) is 64.3 Å². The maximum Gasteiger partial charge on any atom is 0.247 e. The number of sulfonamides is 1. The lowest BCUT2D eigenvalue weighted by Gasteiger charge is -2.34. The number of aryl methyl sites for hydroxylation is 1. The first kappa shape index (κ1) is 22.3. The number of hydrogen-bond donors (Lipinski definition) is 1. The quantitative estimate of drug-likeness (QED) is 0.664. The summed E-state index contributed by atoms with van der Waals surface area (Å²) >= 11 is 0. The van der Waals surface area contributed by atoms with Gasteiger partial charge in [-0.1, -0.05) is 19.1 Å². The van der Waals surface area contributed by atoms with E-state index in [1.165, 1.54) is 16.8 Å². The predicted molar refractivity (Wildman–Crippen MR) is 109 cm³/mol. The number of halogens is 1. The van der Waals surface area contributed by atoms with Crippen molar-refractivity contribution >= 4 is 15.9 Å². The Hall–Kier alpha value is -2.40. The Morgan fingerprint density at radius 2 is 2.07 bits per heavy atom. The van der Waals surface area contributed by atoms with Crippen LogP contribution in [0.2, 0.25) is 0 Å². The highest BCUT2D eigenvalue weighted by Gasteiger charge is 2.32. The Kier molecular flexibility index (Phi) is 7.14. The molecule has 1 saturated heterocycles. The third kappa shape index (κ3) is 5.60. The highest BCUT2D eigenvalue weighted by atomic mass is 32.2. The number of likely N-dealkylation sites (tertiary alicyclic amines) is 1. The molecule has 1 atom stereocenters. The highest BCUT2D eigenvalue weighted by molar-refractivity contribution is 7.89. The molecule has 11 heteroatoms. The second kappa shape index (κ2) is 9.61. The van der Waals surface area contributed by atoms with Gasteiger partial charge in [0.2, 0.25) is 15.9 Å². The summed E-state index contributed by atoms with van der Waals surface area (Å²) in [4.78, 5) is 15.0. The van der Waals surface area contributed by atoms with Crippen LogP contribution in [0.15, 0.2) is 24.3 Å². The van der Waals surface area contributed by atoms with Crippen LogP contribution in [0.25, 0.3) is 0 Å². The maximum atomic E-state index is 13.6. The average Bonchev–Trinajstić information content (AvgIpc) is 3.11. The summed E-state index contributed by atoms with van der Waals surface area (Å²) in [6.45, 7) is 4.39. The first-order valence-corrected chi connectivity index (χ1v) is 11.7. The lowest BCUT2D eigenvalue weighted by atomic mass is 10.0. The molecule has 1 fully saturated rings. The minimum atomic E-state index is -3.29. The number of benzene rings is 1. The number of amides is 1. The van der Waals surface area contributed by atoms with Crippen LogP contribution >= 0.6 is 0 Å². The Bertz CT molecular complexity index is 972. The standard InChI is InChI=1S/C19H27FN6O3S/c1-3-11-30(28,29)22-17-7-9-25(10-8-17)19(27)18(26-14(2)21-23-24-26)13-15-5-4-6-16(20)12-15/h4-6,12,17-18,22H,3,7-11,13H2,1-2H3/t18-/m1/s1. The van der Waals surface area contributed by atoms with Crippen molar-refractivity contribution in [3.63, 3.8) is 0 Å². The van der Waals surface area contributed by atoms with E-state index in [2.05, 4.69) is 20.2 Å². The van der Waals surface area contributed by atoms with Gasteiger partial charge in [-0.2, -0.15) is 0 Å². The molecule has 1 N–H and O–H groups in total. The number of tetrazole rings is 1. The van der Waals surface area contributed by atoms with E-state index < -0.39 is 16.1 Å². The van der Waals surface area contributed by atoms with Gasteiger partial charge in [-0.05, 0) is 54.3 Å². The summed E-state index contributed by atoms with van der Waals surface area (Å²) in [7, 11) is -3.29. The Balaban J connectivity index is 1.71. The summed E-state index contributed by atoms with van der Waals surface area (Å²) in [5.74, 6) is 0.0595. The van der Waals surface area contributed by atoms with Gasteiger partial charge in [0.15, 0.2) is 0 Å². The largest absolute Gasteiger partial charge is 0.341 e. The molecule has 0 saturated carbocycles. The molecule has 1 aliphatic rings. The van der Waals surface area contributed by atoms with Crippen molar-refractivity contribution in [3.05, 3.63) is 41.5 Å². The van der Waals surface area contributed by atoms with Gasteiger partial charge in [-0.25, -0.2) is 22.2 Å². The highest BCUT2D eigenvalue weighted by Crippen LogP contribution is 2.21. The first-order valence-electron chi connectivity index (χ1n) is 10.1. The molecule has 1 aliphatic heterocycles. The van der Waals surface area contributed by atoms with Gasteiger partial charge in [0.1, 0.15) is 17.7 Å². The van der Waals surface area contributed by atoms with Crippen molar-refractivity contribution in [1.82, 2.24) is 29.8 Å². The summed E-state index contributed by atoms with van der Waals surface area (Å²) in [6, 6.07) is 5.24. The molecule has 9 nitrogen and oxygen atoms in total. The molecular formula is C19H27FN6O3S. The molecule has 2 heterocycles. The van der Waals surface area contributed by atoms with E-state index in [1.54, 1.807) is 24.0 Å². The van der Waals surface area contributed by atoms with Crippen LogP contribution in [0, 0.1) is 12.7 Å². The lowest BCUT2D eigenvalue weighted by molar-refractivity contribution is -0.136. The van der Waals surface area contributed by atoms with Gasteiger partial charge in [-0.15, -0.1) is 5.10 Å². The Morgan fingerprint density at radius 1 is 1.33 bits per heavy atom. The Morgan fingerprint density at radius 3 is 2.67 bits per heavy atom. The zero-order valence-corrected chi connectivity index (χ0v) is 18.0. The first-order chi connectivity index (χ1) is 14.3. The number of rotatable bonds is 8. The summed E-state index contributed by atoms with van der Waals surface area (Å²) < 4.78 is 41.8. The van der Waals surface area contributed by atoms with Crippen molar-refractivity contribution < 1.29 is 17.6 Å². The lowest BCUT2D eigenvalue weighted by Crippen LogP contribution is -2.49. The SMILES string of the molecule is CCCS(=O)(=O)NC1CCN(C(=O)[C@@H](Cc2cccc(F)c2)n2nnnc2C)CC1. The molecule has 1 amide bonds. The van der Waals surface area contributed by atoms with Gasteiger partial charge in [-0.3, -0.25) is 4.79 Å². The van der Waals surface area contributed by atoms with E-state index in [0.717, 1.165) is 0 Å².